The number of nitrogens with zero attached hydrogens (tertiary/aromatic N) is 1. The molecular formula is C20H32N2O2. The van der Waals surface area contributed by atoms with Gasteiger partial charge in [-0.05, 0) is 54.4 Å². The average Bonchev–Trinajstić information content (AvgIpc) is 2.58. The maximum Gasteiger partial charge on any atom is 0.161 e. The number of rotatable bonds is 5. The van der Waals surface area contributed by atoms with Crippen molar-refractivity contribution >= 4 is 0 Å². The third-order valence-corrected chi connectivity index (χ3v) is 5.80. The molecule has 0 aliphatic carbocycles. The van der Waals surface area contributed by atoms with E-state index in [4.69, 9.17) is 15.2 Å². The van der Waals surface area contributed by atoms with E-state index in [1.54, 1.807) is 14.2 Å². The molecule has 4 nitrogen and oxygen atoms in total. The van der Waals surface area contributed by atoms with Crippen LogP contribution >= 0.6 is 0 Å². The Hall–Kier alpha value is -1.26. The van der Waals surface area contributed by atoms with Crippen LogP contribution in [0.25, 0.3) is 0 Å². The van der Waals surface area contributed by atoms with Gasteiger partial charge in [-0.1, -0.05) is 20.3 Å². The van der Waals surface area contributed by atoms with Crippen LogP contribution in [0.3, 0.4) is 0 Å². The quantitative estimate of drug-likeness (QED) is 0.898. The average molecular weight is 332 g/mol. The number of ether oxygens (including phenoxy) is 2. The number of nitrogens with two attached hydrogens (primary N) is 1. The Balaban J connectivity index is 1.81. The summed E-state index contributed by atoms with van der Waals surface area (Å²) in [5.74, 6) is 3.05. The van der Waals surface area contributed by atoms with E-state index in [9.17, 15) is 0 Å². The van der Waals surface area contributed by atoms with E-state index >= 15 is 0 Å². The van der Waals surface area contributed by atoms with E-state index < -0.39 is 0 Å². The van der Waals surface area contributed by atoms with Gasteiger partial charge in [-0.25, -0.2) is 0 Å². The van der Waals surface area contributed by atoms with E-state index in [-0.39, 0.29) is 0 Å². The fourth-order valence-corrected chi connectivity index (χ4v) is 4.31. The van der Waals surface area contributed by atoms with Crippen LogP contribution in [0.2, 0.25) is 0 Å². The minimum atomic E-state index is 0.295. The Bertz CT molecular complexity index is 573. The zero-order valence-electron chi connectivity index (χ0n) is 15.5. The lowest BCUT2D eigenvalue weighted by Gasteiger charge is -2.46. The summed E-state index contributed by atoms with van der Waals surface area (Å²) in [7, 11) is 3.41. The first kappa shape index (κ1) is 17.6. The third kappa shape index (κ3) is 3.40. The second-order valence-electron chi connectivity index (χ2n) is 7.80. The Morgan fingerprint density at radius 1 is 1.21 bits per heavy atom. The molecule has 0 saturated carbocycles. The topological polar surface area (TPSA) is 47.7 Å². The van der Waals surface area contributed by atoms with Crippen molar-refractivity contribution in [1.82, 2.24) is 4.90 Å². The predicted molar refractivity (Wildman–Crippen MR) is 97.7 cm³/mol. The molecule has 3 rings (SSSR count). The Morgan fingerprint density at radius 2 is 1.92 bits per heavy atom. The Morgan fingerprint density at radius 3 is 2.58 bits per heavy atom. The molecule has 1 saturated heterocycles. The van der Waals surface area contributed by atoms with Crippen LogP contribution in [0, 0.1) is 11.8 Å². The van der Waals surface area contributed by atoms with Crippen LogP contribution in [0.4, 0.5) is 0 Å². The number of methoxy groups -OCH3 is 2. The van der Waals surface area contributed by atoms with Crippen LogP contribution in [-0.4, -0.2) is 38.3 Å². The second kappa shape index (κ2) is 7.32. The summed E-state index contributed by atoms with van der Waals surface area (Å²) in [6.07, 6.45) is 4.66. The molecule has 2 aliphatic rings. The van der Waals surface area contributed by atoms with Gasteiger partial charge in [0.1, 0.15) is 0 Å². The highest BCUT2D eigenvalue weighted by Gasteiger charge is 2.37. The van der Waals surface area contributed by atoms with Crippen LogP contribution < -0.4 is 15.2 Å². The molecule has 3 atom stereocenters. The van der Waals surface area contributed by atoms with Crippen molar-refractivity contribution in [3.63, 3.8) is 0 Å². The Labute approximate surface area is 146 Å². The van der Waals surface area contributed by atoms with Crippen LogP contribution in [0.15, 0.2) is 12.1 Å². The van der Waals surface area contributed by atoms with Crippen molar-refractivity contribution in [2.45, 2.75) is 51.6 Å². The molecule has 0 spiro atoms. The molecule has 0 aromatic heterocycles. The minimum absolute atomic E-state index is 0.295. The van der Waals surface area contributed by atoms with Gasteiger partial charge in [-0.15, -0.1) is 0 Å². The highest BCUT2D eigenvalue weighted by molar-refractivity contribution is 5.49. The number of hydrogen-bond donors (Lipinski definition) is 1. The van der Waals surface area contributed by atoms with Crippen molar-refractivity contribution in [2.24, 2.45) is 17.6 Å². The zero-order chi connectivity index (χ0) is 17.3. The highest BCUT2D eigenvalue weighted by atomic mass is 16.5. The molecule has 2 aliphatic heterocycles. The lowest BCUT2D eigenvalue weighted by molar-refractivity contribution is 0.0769. The maximum atomic E-state index is 6.57. The fraction of sp³-hybridized carbons (Fsp3) is 0.700. The van der Waals surface area contributed by atoms with Gasteiger partial charge in [0.05, 0.1) is 14.2 Å². The number of fused-ring (bicyclic) bond motifs is 3. The molecule has 2 N–H and O–H groups in total. The summed E-state index contributed by atoms with van der Waals surface area (Å²) in [6, 6.07) is 5.05. The van der Waals surface area contributed by atoms with E-state index in [1.165, 1.54) is 24.0 Å². The van der Waals surface area contributed by atoms with Crippen LogP contribution in [0.1, 0.15) is 50.3 Å². The van der Waals surface area contributed by atoms with Crippen molar-refractivity contribution in [3.8, 4) is 11.5 Å². The molecule has 1 fully saturated rings. The van der Waals surface area contributed by atoms with Crippen molar-refractivity contribution in [3.05, 3.63) is 23.3 Å². The lowest BCUT2D eigenvalue weighted by Crippen LogP contribution is -2.50. The number of piperidine rings is 1. The second-order valence-corrected chi connectivity index (χ2v) is 7.80. The van der Waals surface area contributed by atoms with Gasteiger partial charge in [0.25, 0.3) is 0 Å². The van der Waals surface area contributed by atoms with Gasteiger partial charge in [0.2, 0.25) is 0 Å². The highest BCUT2D eigenvalue weighted by Crippen LogP contribution is 2.43. The lowest BCUT2D eigenvalue weighted by atomic mass is 9.78. The largest absolute Gasteiger partial charge is 0.493 e. The van der Waals surface area contributed by atoms with Gasteiger partial charge >= 0.3 is 0 Å². The summed E-state index contributed by atoms with van der Waals surface area (Å²) in [6.45, 7) is 6.85. The summed E-state index contributed by atoms with van der Waals surface area (Å²) < 4.78 is 11.0. The van der Waals surface area contributed by atoms with E-state index in [2.05, 4.69) is 30.9 Å². The molecule has 0 amide bonds. The van der Waals surface area contributed by atoms with E-state index in [0.29, 0.717) is 18.0 Å². The van der Waals surface area contributed by atoms with Gasteiger partial charge in [-0.3, -0.25) is 4.90 Å². The minimum Gasteiger partial charge on any atom is -0.493 e. The van der Waals surface area contributed by atoms with Crippen LogP contribution in [-0.2, 0) is 6.42 Å². The Kier molecular flexibility index (Phi) is 5.36. The zero-order valence-corrected chi connectivity index (χ0v) is 15.5. The molecular weight excluding hydrogens is 300 g/mol. The van der Waals surface area contributed by atoms with Crippen molar-refractivity contribution in [1.29, 1.82) is 0 Å². The van der Waals surface area contributed by atoms with Gasteiger partial charge < -0.3 is 15.2 Å². The molecule has 0 radical (unpaired) electrons. The number of hydrogen-bond acceptors (Lipinski definition) is 4. The first-order valence-electron chi connectivity index (χ1n) is 9.27. The summed E-state index contributed by atoms with van der Waals surface area (Å²) >= 11 is 0. The van der Waals surface area contributed by atoms with Gasteiger partial charge in [0, 0.05) is 25.2 Å². The van der Waals surface area contributed by atoms with Crippen LogP contribution in [0.5, 0.6) is 11.5 Å². The van der Waals surface area contributed by atoms with E-state index in [1.807, 2.05) is 0 Å². The molecule has 4 heteroatoms. The SMILES string of the molecule is COc1cc2c(cc1OC)C1CC(N)C(CCC(C)C)CN1CC2. The molecule has 24 heavy (non-hydrogen) atoms. The van der Waals surface area contributed by atoms with E-state index in [0.717, 1.165) is 43.3 Å². The van der Waals surface area contributed by atoms with Crippen molar-refractivity contribution in [2.75, 3.05) is 27.3 Å². The maximum absolute atomic E-state index is 6.57. The summed E-state index contributed by atoms with van der Waals surface area (Å²) in [5, 5.41) is 0. The standard InChI is InChI=1S/C20H32N2O2/c1-13(2)5-6-15-12-22-8-7-14-9-19(23-3)20(24-4)10-16(14)18(22)11-17(15)21/h9-10,13,15,17-18H,5-8,11-12,21H2,1-4H3. The van der Waals surface area contributed by atoms with Crippen molar-refractivity contribution < 1.29 is 9.47 Å². The van der Waals surface area contributed by atoms with Gasteiger partial charge in [-0.2, -0.15) is 0 Å². The predicted octanol–water partition coefficient (Wildman–Crippen LogP) is 3.39. The fourth-order valence-electron chi connectivity index (χ4n) is 4.31. The molecule has 2 heterocycles. The first-order chi connectivity index (χ1) is 11.5. The molecule has 1 aromatic carbocycles. The first-order valence-corrected chi connectivity index (χ1v) is 9.27. The molecule has 3 unspecified atom stereocenters. The van der Waals surface area contributed by atoms with Gasteiger partial charge in [0.15, 0.2) is 11.5 Å². The number of benzene rings is 1. The molecule has 1 aromatic rings. The summed E-state index contributed by atoms with van der Waals surface area (Å²) in [5.41, 5.74) is 9.35. The molecule has 0 bridgehead atoms. The summed E-state index contributed by atoms with van der Waals surface area (Å²) in [4.78, 5) is 2.64. The monoisotopic (exact) mass is 332 g/mol. The molecule has 134 valence electrons. The smallest absolute Gasteiger partial charge is 0.161 e. The normalized spacial score (nSPS) is 26.8. The third-order valence-electron chi connectivity index (χ3n) is 5.80.